The molecule has 6 rings (SSSR count). The number of rotatable bonds is 19. The highest BCUT2D eigenvalue weighted by atomic mass is 35.5. The molecule has 2 heterocycles. The van der Waals surface area contributed by atoms with Crippen molar-refractivity contribution in [2.45, 2.75) is 90.8 Å². The van der Waals surface area contributed by atoms with Gasteiger partial charge in [0.1, 0.15) is 12.4 Å². The van der Waals surface area contributed by atoms with Gasteiger partial charge in [-0.15, -0.1) is 10.2 Å². The summed E-state index contributed by atoms with van der Waals surface area (Å²) in [6.07, 6.45) is 11.4. The van der Waals surface area contributed by atoms with Gasteiger partial charge in [0.05, 0.1) is 18.0 Å². The minimum Gasteiger partial charge on any atom is -0.481 e. The average molecular weight is 790 g/mol. The van der Waals surface area contributed by atoms with Crippen LogP contribution in [0, 0.1) is 5.92 Å². The van der Waals surface area contributed by atoms with Gasteiger partial charge in [0.25, 0.3) is 0 Å². The highest BCUT2D eigenvalue weighted by Gasteiger charge is 2.25. The molecule has 5 aromatic rings. The Balaban J connectivity index is 1.19. The molecule has 2 aromatic heterocycles. The number of carbonyl (C=O) groups is 3. The molecule has 1 unspecified atom stereocenters. The summed E-state index contributed by atoms with van der Waals surface area (Å²) >= 11 is 6.79. The number of aliphatic carboxylic acids is 1. The van der Waals surface area contributed by atoms with Crippen molar-refractivity contribution < 1.29 is 24.2 Å². The minimum atomic E-state index is -1.05. The second kappa shape index (κ2) is 19.8. The van der Waals surface area contributed by atoms with E-state index in [0.717, 1.165) is 64.9 Å². The third-order valence-corrected chi connectivity index (χ3v) is 10.4. The van der Waals surface area contributed by atoms with Crippen molar-refractivity contribution in [1.82, 2.24) is 35.5 Å². The number of nitrogens with one attached hydrogen (secondary N) is 2. The van der Waals surface area contributed by atoms with Crippen LogP contribution in [0.2, 0.25) is 5.15 Å². The quantitative estimate of drug-likeness (QED) is 0.0700. The van der Waals surface area contributed by atoms with E-state index < -0.39 is 23.9 Å². The Kier molecular flexibility index (Phi) is 14.2. The van der Waals surface area contributed by atoms with Crippen molar-refractivity contribution in [2.75, 3.05) is 0 Å². The number of amides is 1. The molecule has 1 aliphatic rings. The maximum atomic E-state index is 13.6. The molecule has 2 atom stereocenters. The summed E-state index contributed by atoms with van der Waals surface area (Å²) in [5.74, 6) is -1.26. The molecule has 1 amide bonds. The molecular weight excluding hydrogens is 742 g/mol. The summed E-state index contributed by atoms with van der Waals surface area (Å²) in [6.45, 7) is 4.14. The Bertz CT molecular complexity index is 2200. The first-order chi connectivity index (χ1) is 27.7. The second-order valence-corrected chi connectivity index (χ2v) is 14.7. The molecular formula is C44H48ClN7O5. The number of imidazole rings is 1. The van der Waals surface area contributed by atoms with Gasteiger partial charge in [-0.3, -0.25) is 14.4 Å². The van der Waals surface area contributed by atoms with E-state index in [1.54, 1.807) is 6.92 Å². The molecule has 0 fully saturated rings. The maximum Gasteiger partial charge on any atom is 0.309 e. The van der Waals surface area contributed by atoms with Crippen molar-refractivity contribution >= 4 is 35.0 Å². The summed E-state index contributed by atoms with van der Waals surface area (Å²) in [5.41, 5.74) is 7.59. The van der Waals surface area contributed by atoms with Gasteiger partial charge in [-0.25, -0.2) is 4.98 Å². The molecule has 0 bridgehead atoms. The standard InChI is InChI=1S/C44H48ClN7O5/c1-3-4-15-39-47-42(45)38(52(39)27-35-21-20-34(32-13-9-6-10-14-32)26-37(35)43-48-50-51-49-43)28-57-44(56)29(2)24-36(46-40(53)22-23-41(54)55)25-30-16-18-33(19-17-30)31-11-7-5-8-12-31/h6-7,9-14,16-21,26,29,36H,3-5,8,15,22-25,27-28H2,1-2H3,(H,46,53)(H,54,55)(H,48,49,50,51)/t29?,36-/m0/s1. The topological polar surface area (TPSA) is 165 Å². The van der Waals surface area contributed by atoms with E-state index >= 15 is 0 Å². The fourth-order valence-electron chi connectivity index (χ4n) is 7.00. The van der Waals surface area contributed by atoms with Crippen LogP contribution >= 0.6 is 11.6 Å². The van der Waals surface area contributed by atoms with Crippen molar-refractivity contribution in [1.29, 1.82) is 0 Å². The Morgan fingerprint density at radius 3 is 2.49 bits per heavy atom. The van der Waals surface area contributed by atoms with Crippen LogP contribution in [0.1, 0.15) is 87.0 Å². The van der Waals surface area contributed by atoms with Gasteiger partial charge in [0.15, 0.2) is 5.15 Å². The Morgan fingerprint density at radius 1 is 1.00 bits per heavy atom. The first-order valence-electron chi connectivity index (χ1n) is 19.5. The number of H-pyrrole nitrogens is 1. The van der Waals surface area contributed by atoms with Gasteiger partial charge in [-0.1, -0.05) is 117 Å². The maximum absolute atomic E-state index is 13.6. The predicted octanol–water partition coefficient (Wildman–Crippen LogP) is 8.17. The number of aromatic amines is 1. The lowest BCUT2D eigenvalue weighted by molar-refractivity contribution is -0.150. The van der Waals surface area contributed by atoms with Gasteiger partial charge in [-0.2, -0.15) is 5.21 Å². The predicted molar refractivity (Wildman–Crippen MR) is 219 cm³/mol. The molecule has 3 N–H and O–H groups in total. The molecule has 0 saturated carbocycles. The number of ether oxygens (including phenoxy) is 1. The van der Waals surface area contributed by atoms with Crippen molar-refractivity contribution in [3.8, 4) is 22.5 Å². The van der Waals surface area contributed by atoms with Crippen molar-refractivity contribution in [2.24, 2.45) is 5.92 Å². The summed E-state index contributed by atoms with van der Waals surface area (Å²) in [5, 5.41) is 27.3. The van der Waals surface area contributed by atoms with E-state index in [0.29, 0.717) is 30.9 Å². The number of halogens is 1. The van der Waals surface area contributed by atoms with Crippen molar-refractivity contribution in [3.63, 3.8) is 0 Å². The first kappa shape index (κ1) is 40.8. The number of aromatic nitrogens is 6. The molecule has 0 aliphatic heterocycles. The summed E-state index contributed by atoms with van der Waals surface area (Å²) in [7, 11) is 0. The van der Waals surface area contributed by atoms with E-state index in [2.05, 4.69) is 69.3 Å². The number of esters is 1. The zero-order valence-corrected chi connectivity index (χ0v) is 33.0. The number of allylic oxidation sites excluding steroid dienone is 4. The molecule has 0 saturated heterocycles. The fraction of sp³-hybridized carbons (Fsp3) is 0.341. The number of carbonyl (C=O) groups excluding carboxylic acids is 2. The lowest BCUT2D eigenvalue weighted by atomic mass is 9.94. The smallest absolute Gasteiger partial charge is 0.309 e. The number of nitrogens with zero attached hydrogens (tertiary/aromatic N) is 5. The van der Waals surface area contributed by atoms with Crippen molar-refractivity contribution in [3.05, 3.63) is 124 Å². The van der Waals surface area contributed by atoms with Crippen LogP contribution in [0.4, 0.5) is 0 Å². The molecule has 0 spiro atoms. The lowest BCUT2D eigenvalue weighted by Crippen LogP contribution is -2.39. The number of carboxylic acid groups (broad SMARTS) is 1. The summed E-state index contributed by atoms with van der Waals surface area (Å²) in [4.78, 5) is 42.3. The number of aryl methyl sites for hydroxylation is 1. The number of benzene rings is 3. The molecule has 1 aliphatic carbocycles. The van der Waals surface area contributed by atoms with Crippen LogP contribution in [-0.4, -0.2) is 59.2 Å². The summed E-state index contributed by atoms with van der Waals surface area (Å²) in [6, 6.07) is 23.9. The number of tetrazole rings is 1. The Labute approximate surface area is 337 Å². The van der Waals surface area contributed by atoms with E-state index in [-0.39, 0.29) is 36.9 Å². The largest absolute Gasteiger partial charge is 0.481 e. The fourth-order valence-corrected chi connectivity index (χ4v) is 7.25. The van der Waals surface area contributed by atoms with E-state index in [9.17, 15) is 14.4 Å². The molecule has 3 aromatic carbocycles. The second-order valence-electron chi connectivity index (χ2n) is 14.4. The third kappa shape index (κ3) is 11.1. The highest BCUT2D eigenvalue weighted by molar-refractivity contribution is 6.30. The number of unbranched alkanes of at least 4 members (excludes halogenated alkanes) is 1. The van der Waals surface area contributed by atoms with E-state index in [1.165, 1.54) is 5.57 Å². The number of hydrogen-bond donors (Lipinski definition) is 3. The molecule has 13 heteroatoms. The monoisotopic (exact) mass is 789 g/mol. The zero-order chi connectivity index (χ0) is 40.1. The molecule has 57 heavy (non-hydrogen) atoms. The summed E-state index contributed by atoms with van der Waals surface area (Å²) < 4.78 is 7.94. The van der Waals surface area contributed by atoms with E-state index in [1.807, 2.05) is 59.2 Å². The molecule has 12 nitrogen and oxygen atoms in total. The van der Waals surface area contributed by atoms with Gasteiger partial charge >= 0.3 is 11.9 Å². The van der Waals surface area contributed by atoms with Gasteiger partial charge in [0.2, 0.25) is 11.7 Å². The van der Waals surface area contributed by atoms with Crippen LogP contribution in [0.5, 0.6) is 0 Å². The van der Waals surface area contributed by atoms with Crippen LogP contribution in [0.3, 0.4) is 0 Å². The minimum absolute atomic E-state index is 0.109. The molecule has 0 radical (unpaired) electrons. The molecule has 296 valence electrons. The average Bonchev–Trinajstić information content (AvgIpc) is 3.87. The van der Waals surface area contributed by atoms with Crippen LogP contribution in [0.15, 0.2) is 91.0 Å². The van der Waals surface area contributed by atoms with E-state index in [4.69, 9.17) is 26.4 Å². The number of hydrogen-bond acceptors (Lipinski definition) is 8. The van der Waals surface area contributed by atoms with Gasteiger partial charge < -0.3 is 19.7 Å². The SMILES string of the molecule is CCCCc1nc(Cl)c(COC(=O)C(C)C[C@@H](Cc2ccc(C3=CCCC=C3)cc2)NC(=O)CCC(=O)O)n1Cc1ccc(-c2ccccc2)cc1-c1nn[nH]n1. The van der Waals surface area contributed by atoms with Crippen LogP contribution in [-0.2, 0) is 45.1 Å². The van der Waals surface area contributed by atoms with Crippen LogP contribution < -0.4 is 5.32 Å². The highest BCUT2D eigenvalue weighted by Crippen LogP contribution is 2.31. The first-order valence-corrected chi connectivity index (χ1v) is 19.9. The van der Waals surface area contributed by atoms with Crippen LogP contribution in [0.25, 0.3) is 28.1 Å². The number of carboxylic acids is 1. The Hall–Kier alpha value is -5.88. The third-order valence-electron chi connectivity index (χ3n) is 10.1. The Morgan fingerprint density at radius 2 is 1.79 bits per heavy atom. The normalized spacial score (nSPS) is 13.5. The zero-order valence-electron chi connectivity index (χ0n) is 32.3. The lowest BCUT2D eigenvalue weighted by Gasteiger charge is -2.22. The van der Waals surface area contributed by atoms with Gasteiger partial charge in [0, 0.05) is 31.0 Å². The van der Waals surface area contributed by atoms with Gasteiger partial charge in [-0.05, 0) is 76.8 Å².